The number of benzene rings is 2. The van der Waals surface area contributed by atoms with Crippen LogP contribution in [-0.2, 0) is 9.53 Å². The van der Waals surface area contributed by atoms with E-state index < -0.39 is 0 Å². The highest BCUT2D eigenvalue weighted by Crippen LogP contribution is 2.24. The third-order valence-corrected chi connectivity index (χ3v) is 4.46. The van der Waals surface area contributed by atoms with Crippen molar-refractivity contribution in [2.45, 2.75) is 6.10 Å². The summed E-state index contributed by atoms with van der Waals surface area (Å²) in [6.45, 7) is 0.709. The summed E-state index contributed by atoms with van der Waals surface area (Å²) in [5, 5.41) is 9.92. The minimum atomic E-state index is -0.252. The number of nitriles is 1. The minimum Gasteiger partial charge on any atom is -0.489 e. The summed E-state index contributed by atoms with van der Waals surface area (Å²) < 4.78 is 11.6. The zero-order chi connectivity index (χ0) is 18.6. The molecule has 1 aromatic heterocycles. The molecule has 1 fully saturated rings. The van der Waals surface area contributed by atoms with Crippen molar-refractivity contribution in [1.82, 2.24) is 4.98 Å². The molecule has 134 valence electrons. The maximum atomic E-state index is 12.2. The Morgan fingerprint density at radius 3 is 2.81 bits per heavy atom. The van der Waals surface area contributed by atoms with Gasteiger partial charge in [-0.05, 0) is 36.4 Å². The van der Waals surface area contributed by atoms with Gasteiger partial charge < -0.3 is 14.4 Å². The van der Waals surface area contributed by atoms with Crippen LogP contribution in [-0.4, -0.2) is 36.8 Å². The van der Waals surface area contributed by atoms with Crippen molar-refractivity contribution in [2.24, 2.45) is 0 Å². The summed E-state index contributed by atoms with van der Waals surface area (Å²) >= 11 is 0. The predicted molar refractivity (Wildman–Crippen MR) is 100 cm³/mol. The molecule has 1 atom stereocenters. The van der Waals surface area contributed by atoms with Crippen LogP contribution in [0.25, 0.3) is 10.9 Å². The number of anilines is 1. The Bertz CT molecular complexity index is 1010. The van der Waals surface area contributed by atoms with Crippen molar-refractivity contribution < 1.29 is 14.3 Å². The highest BCUT2D eigenvalue weighted by atomic mass is 16.5. The fourth-order valence-corrected chi connectivity index (χ4v) is 3.07. The second kappa shape index (κ2) is 7.44. The van der Waals surface area contributed by atoms with Crippen molar-refractivity contribution in [3.05, 3.63) is 66.4 Å². The lowest BCUT2D eigenvalue weighted by Gasteiger charge is -2.32. The molecule has 0 radical (unpaired) electrons. The first kappa shape index (κ1) is 17.0. The summed E-state index contributed by atoms with van der Waals surface area (Å²) in [4.78, 5) is 18.3. The Kier molecular flexibility index (Phi) is 4.69. The fraction of sp³-hybridized carbons (Fsp3) is 0.190. The Hall–Kier alpha value is -3.43. The molecule has 27 heavy (non-hydrogen) atoms. The van der Waals surface area contributed by atoms with E-state index in [1.54, 1.807) is 35.4 Å². The summed E-state index contributed by atoms with van der Waals surface area (Å²) in [6, 6.07) is 18.7. The SMILES string of the molecule is N#Cc1ccc(N2CC(COc3cccc4cccnc34)OCC2=O)cc1. The van der Waals surface area contributed by atoms with Crippen LogP contribution in [0.3, 0.4) is 0 Å². The Balaban J connectivity index is 1.46. The standard InChI is InChI=1S/C21H17N3O3/c22-11-15-6-8-17(9-7-15)24-12-18(26-14-20(24)25)13-27-19-5-1-3-16-4-2-10-23-21(16)19/h1-10,18H,12-14H2. The van der Waals surface area contributed by atoms with E-state index in [2.05, 4.69) is 11.1 Å². The highest BCUT2D eigenvalue weighted by molar-refractivity contribution is 5.95. The molecule has 4 rings (SSSR count). The number of amides is 1. The molecule has 0 N–H and O–H groups in total. The second-order valence-electron chi connectivity index (χ2n) is 6.24. The van der Waals surface area contributed by atoms with Crippen LogP contribution in [0.1, 0.15) is 5.56 Å². The van der Waals surface area contributed by atoms with E-state index in [0.29, 0.717) is 24.5 Å². The number of rotatable bonds is 4. The van der Waals surface area contributed by atoms with Crippen molar-refractivity contribution in [3.8, 4) is 11.8 Å². The highest BCUT2D eigenvalue weighted by Gasteiger charge is 2.28. The van der Waals surface area contributed by atoms with Crippen LogP contribution in [0.15, 0.2) is 60.8 Å². The van der Waals surface area contributed by atoms with E-state index >= 15 is 0 Å². The van der Waals surface area contributed by atoms with Gasteiger partial charge in [-0.25, -0.2) is 0 Å². The molecule has 0 bridgehead atoms. The van der Waals surface area contributed by atoms with Gasteiger partial charge in [-0.15, -0.1) is 0 Å². The van der Waals surface area contributed by atoms with Gasteiger partial charge in [0.15, 0.2) is 0 Å². The monoisotopic (exact) mass is 359 g/mol. The maximum Gasteiger partial charge on any atom is 0.253 e. The smallest absolute Gasteiger partial charge is 0.253 e. The number of para-hydroxylation sites is 1. The fourth-order valence-electron chi connectivity index (χ4n) is 3.07. The molecule has 3 aromatic rings. The Morgan fingerprint density at radius 1 is 1.19 bits per heavy atom. The molecule has 2 heterocycles. The molecule has 1 aliphatic heterocycles. The average molecular weight is 359 g/mol. The molecule has 6 nitrogen and oxygen atoms in total. The number of nitrogens with zero attached hydrogens (tertiary/aromatic N) is 3. The van der Waals surface area contributed by atoms with Gasteiger partial charge in [0.1, 0.15) is 30.6 Å². The number of hydrogen-bond acceptors (Lipinski definition) is 5. The Labute approximate surface area is 156 Å². The first-order valence-electron chi connectivity index (χ1n) is 8.63. The van der Waals surface area contributed by atoms with E-state index in [1.807, 2.05) is 30.3 Å². The number of fused-ring (bicyclic) bond motifs is 1. The van der Waals surface area contributed by atoms with Crippen molar-refractivity contribution in [1.29, 1.82) is 5.26 Å². The number of hydrogen-bond donors (Lipinski definition) is 0. The first-order chi connectivity index (χ1) is 13.2. The van der Waals surface area contributed by atoms with Gasteiger partial charge in [-0.2, -0.15) is 5.26 Å². The van der Waals surface area contributed by atoms with Crippen molar-refractivity contribution in [2.75, 3.05) is 24.7 Å². The number of ether oxygens (including phenoxy) is 2. The van der Waals surface area contributed by atoms with Crippen LogP contribution in [0, 0.1) is 11.3 Å². The second-order valence-corrected chi connectivity index (χ2v) is 6.24. The summed E-state index contributed by atoms with van der Waals surface area (Å²) in [5.41, 5.74) is 2.11. The largest absolute Gasteiger partial charge is 0.489 e. The zero-order valence-electron chi connectivity index (χ0n) is 14.5. The van der Waals surface area contributed by atoms with Crippen molar-refractivity contribution >= 4 is 22.5 Å². The van der Waals surface area contributed by atoms with Crippen LogP contribution in [0.2, 0.25) is 0 Å². The average Bonchev–Trinajstić information content (AvgIpc) is 2.73. The van der Waals surface area contributed by atoms with Gasteiger partial charge in [-0.1, -0.05) is 18.2 Å². The zero-order valence-corrected chi connectivity index (χ0v) is 14.5. The van der Waals surface area contributed by atoms with Gasteiger partial charge in [-0.3, -0.25) is 9.78 Å². The summed E-state index contributed by atoms with van der Waals surface area (Å²) in [6.07, 6.45) is 1.48. The molecule has 1 unspecified atom stereocenters. The molecular weight excluding hydrogens is 342 g/mol. The molecule has 6 heteroatoms. The molecule has 1 aliphatic rings. The summed E-state index contributed by atoms with van der Waals surface area (Å²) in [7, 11) is 0. The van der Waals surface area contributed by atoms with Crippen LogP contribution in [0.4, 0.5) is 5.69 Å². The lowest BCUT2D eigenvalue weighted by Crippen LogP contribution is -2.48. The van der Waals surface area contributed by atoms with Gasteiger partial charge in [0.05, 0.1) is 18.2 Å². The lowest BCUT2D eigenvalue weighted by molar-refractivity contribution is -0.130. The third-order valence-electron chi connectivity index (χ3n) is 4.46. The molecule has 0 saturated carbocycles. The van der Waals surface area contributed by atoms with E-state index in [1.165, 1.54) is 0 Å². The van der Waals surface area contributed by atoms with Crippen LogP contribution in [0.5, 0.6) is 5.75 Å². The molecule has 0 aliphatic carbocycles. The van der Waals surface area contributed by atoms with Crippen LogP contribution >= 0.6 is 0 Å². The van der Waals surface area contributed by atoms with Gasteiger partial charge in [0.25, 0.3) is 5.91 Å². The first-order valence-corrected chi connectivity index (χ1v) is 8.63. The minimum absolute atomic E-state index is 0.00180. The number of aromatic nitrogens is 1. The Morgan fingerprint density at radius 2 is 2.00 bits per heavy atom. The molecule has 1 saturated heterocycles. The molecule has 0 spiro atoms. The van der Waals surface area contributed by atoms with E-state index in [0.717, 1.165) is 16.6 Å². The quantitative estimate of drug-likeness (QED) is 0.716. The van der Waals surface area contributed by atoms with E-state index in [4.69, 9.17) is 14.7 Å². The number of carbonyl (C=O) groups excluding carboxylic acids is 1. The lowest BCUT2D eigenvalue weighted by atomic mass is 10.2. The van der Waals surface area contributed by atoms with Crippen molar-refractivity contribution in [3.63, 3.8) is 0 Å². The van der Waals surface area contributed by atoms with E-state index in [9.17, 15) is 4.79 Å². The third kappa shape index (κ3) is 3.59. The molecular formula is C21H17N3O3. The van der Waals surface area contributed by atoms with Gasteiger partial charge >= 0.3 is 0 Å². The predicted octanol–water partition coefficient (Wildman–Crippen LogP) is 2.92. The van der Waals surface area contributed by atoms with Gasteiger partial charge in [0, 0.05) is 17.3 Å². The number of morpholine rings is 1. The van der Waals surface area contributed by atoms with Gasteiger partial charge in [0.2, 0.25) is 0 Å². The van der Waals surface area contributed by atoms with Crippen LogP contribution < -0.4 is 9.64 Å². The summed E-state index contributed by atoms with van der Waals surface area (Å²) in [5.74, 6) is 0.585. The normalized spacial score (nSPS) is 16.9. The number of carbonyl (C=O) groups is 1. The molecule has 1 amide bonds. The molecule has 2 aromatic carbocycles. The number of pyridine rings is 1. The topological polar surface area (TPSA) is 75.5 Å². The maximum absolute atomic E-state index is 12.2. The van der Waals surface area contributed by atoms with E-state index in [-0.39, 0.29) is 18.6 Å².